The number of methoxy groups -OCH3 is 1. The third kappa shape index (κ3) is 5.92. The number of ether oxygens (including phenoxy) is 1. The van der Waals surface area contributed by atoms with Gasteiger partial charge >= 0.3 is 0 Å². The third-order valence-corrected chi connectivity index (χ3v) is 6.73. The lowest BCUT2D eigenvalue weighted by molar-refractivity contribution is -0.132. The van der Waals surface area contributed by atoms with Gasteiger partial charge in [-0.15, -0.1) is 10.2 Å². The standard InChI is InChI=1S/C24H25FN4O3S/c1-32-20-11-4-16(5-12-20)6-13-21(30)29-14-2-3-17(15-29)23-27-28-24(33-23)22(31)26-19-9-7-18(25)8-10-19/h4-5,7-12,17H,2-3,6,13-15H2,1H3,(H,26,31). The average molecular weight is 469 g/mol. The fourth-order valence-corrected chi connectivity index (χ4v) is 4.68. The van der Waals surface area contributed by atoms with E-state index in [0.717, 1.165) is 35.7 Å². The summed E-state index contributed by atoms with van der Waals surface area (Å²) in [7, 11) is 1.63. The van der Waals surface area contributed by atoms with Crippen LogP contribution in [0.2, 0.25) is 0 Å². The van der Waals surface area contributed by atoms with Crippen LogP contribution in [0, 0.1) is 5.82 Å². The van der Waals surface area contributed by atoms with Crippen molar-refractivity contribution in [1.29, 1.82) is 0 Å². The highest BCUT2D eigenvalue weighted by molar-refractivity contribution is 7.13. The van der Waals surface area contributed by atoms with E-state index in [1.54, 1.807) is 7.11 Å². The molecule has 1 aliphatic heterocycles. The van der Waals surface area contributed by atoms with Gasteiger partial charge in [0.05, 0.1) is 7.11 Å². The summed E-state index contributed by atoms with van der Waals surface area (Å²) in [5.41, 5.74) is 1.59. The van der Waals surface area contributed by atoms with Crippen LogP contribution in [0.1, 0.15) is 45.6 Å². The molecular formula is C24H25FN4O3S. The molecule has 0 aliphatic carbocycles. The van der Waals surface area contributed by atoms with Crippen LogP contribution < -0.4 is 10.1 Å². The number of hydrogen-bond donors (Lipinski definition) is 1. The monoisotopic (exact) mass is 468 g/mol. The second-order valence-corrected chi connectivity index (χ2v) is 8.94. The number of rotatable bonds is 7. The highest BCUT2D eigenvalue weighted by atomic mass is 32.1. The van der Waals surface area contributed by atoms with Crippen molar-refractivity contribution in [2.75, 3.05) is 25.5 Å². The van der Waals surface area contributed by atoms with Crippen molar-refractivity contribution in [2.45, 2.75) is 31.6 Å². The molecule has 0 radical (unpaired) electrons. The Morgan fingerprint density at radius 3 is 2.64 bits per heavy atom. The minimum atomic E-state index is -0.381. The number of nitrogens with zero attached hydrogens (tertiary/aromatic N) is 3. The Morgan fingerprint density at radius 2 is 1.91 bits per heavy atom. The number of aryl methyl sites for hydroxylation is 1. The van der Waals surface area contributed by atoms with Crippen molar-refractivity contribution in [2.24, 2.45) is 0 Å². The first-order chi connectivity index (χ1) is 16.0. The number of benzene rings is 2. The summed E-state index contributed by atoms with van der Waals surface area (Å²) in [5.74, 6) is 0.231. The van der Waals surface area contributed by atoms with Gasteiger partial charge in [0.25, 0.3) is 5.91 Å². The molecule has 2 aromatic carbocycles. The molecule has 172 valence electrons. The number of likely N-dealkylation sites (tertiary alicyclic amines) is 1. The van der Waals surface area contributed by atoms with Gasteiger partial charge in [0.1, 0.15) is 16.6 Å². The number of carbonyl (C=O) groups excluding carboxylic acids is 2. The van der Waals surface area contributed by atoms with Gasteiger partial charge < -0.3 is 15.0 Å². The zero-order valence-electron chi connectivity index (χ0n) is 18.3. The molecule has 1 N–H and O–H groups in total. The number of anilines is 1. The number of nitrogens with one attached hydrogen (secondary N) is 1. The molecule has 0 bridgehead atoms. The summed E-state index contributed by atoms with van der Waals surface area (Å²) in [6, 6.07) is 13.3. The van der Waals surface area contributed by atoms with Crippen LogP contribution in [0.4, 0.5) is 10.1 Å². The van der Waals surface area contributed by atoms with Crippen molar-refractivity contribution in [1.82, 2.24) is 15.1 Å². The topological polar surface area (TPSA) is 84.4 Å². The minimum Gasteiger partial charge on any atom is -0.497 e. The molecule has 1 saturated heterocycles. The van der Waals surface area contributed by atoms with Crippen LogP contribution in [0.25, 0.3) is 0 Å². The van der Waals surface area contributed by atoms with E-state index < -0.39 is 0 Å². The van der Waals surface area contributed by atoms with E-state index in [1.807, 2.05) is 29.2 Å². The number of aromatic nitrogens is 2. The van der Waals surface area contributed by atoms with Crippen molar-refractivity contribution in [3.63, 3.8) is 0 Å². The first-order valence-electron chi connectivity index (χ1n) is 10.8. The zero-order valence-corrected chi connectivity index (χ0v) is 19.1. The number of halogens is 1. The molecule has 0 spiro atoms. The fraction of sp³-hybridized carbons (Fsp3) is 0.333. The molecule has 1 unspecified atom stereocenters. The van der Waals surface area contributed by atoms with E-state index in [2.05, 4.69) is 15.5 Å². The lowest BCUT2D eigenvalue weighted by atomic mass is 9.98. The Balaban J connectivity index is 1.32. The molecule has 9 heteroatoms. The molecule has 2 amide bonds. The number of carbonyl (C=O) groups is 2. The van der Waals surface area contributed by atoms with Crippen molar-refractivity contribution in [3.8, 4) is 5.75 Å². The Kier molecular flexibility index (Phi) is 7.29. The number of hydrogen-bond acceptors (Lipinski definition) is 6. The SMILES string of the molecule is COc1ccc(CCC(=O)N2CCCC(c3nnc(C(=O)Nc4ccc(F)cc4)s3)C2)cc1. The summed E-state index contributed by atoms with van der Waals surface area (Å²) < 4.78 is 18.2. The first-order valence-corrected chi connectivity index (χ1v) is 11.6. The Morgan fingerprint density at radius 1 is 1.15 bits per heavy atom. The van der Waals surface area contributed by atoms with Crippen molar-refractivity contribution >= 4 is 28.8 Å². The van der Waals surface area contributed by atoms with Crippen molar-refractivity contribution < 1.29 is 18.7 Å². The number of piperidine rings is 1. The average Bonchev–Trinajstić information content (AvgIpc) is 3.35. The summed E-state index contributed by atoms with van der Waals surface area (Å²) in [5, 5.41) is 12.0. The van der Waals surface area contributed by atoms with E-state index in [-0.39, 0.29) is 28.6 Å². The highest BCUT2D eigenvalue weighted by Gasteiger charge is 2.28. The molecule has 4 rings (SSSR count). The molecule has 2 heterocycles. The summed E-state index contributed by atoms with van der Waals surface area (Å²) in [4.78, 5) is 27.1. The van der Waals surface area contributed by atoms with Crippen molar-refractivity contribution in [3.05, 3.63) is 69.9 Å². The van der Waals surface area contributed by atoms with Crippen LogP contribution in [-0.4, -0.2) is 47.1 Å². The fourth-order valence-electron chi connectivity index (χ4n) is 3.82. The van der Waals surface area contributed by atoms with E-state index in [9.17, 15) is 14.0 Å². The molecule has 33 heavy (non-hydrogen) atoms. The smallest absolute Gasteiger partial charge is 0.286 e. The zero-order chi connectivity index (χ0) is 23.2. The highest BCUT2D eigenvalue weighted by Crippen LogP contribution is 2.30. The Bertz CT molecular complexity index is 1100. The molecular weight excluding hydrogens is 443 g/mol. The van der Waals surface area contributed by atoms with Crippen LogP contribution in [0.5, 0.6) is 5.75 Å². The van der Waals surface area contributed by atoms with Gasteiger partial charge in [-0.1, -0.05) is 23.5 Å². The van der Waals surface area contributed by atoms with Crippen LogP contribution in [0.15, 0.2) is 48.5 Å². The van der Waals surface area contributed by atoms with Gasteiger partial charge in [-0.2, -0.15) is 0 Å². The van der Waals surface area contributed by atoms with Gasteiger partial charge in [-0.3, -0.25) is 9.59 Å². The Labute approximate surface area is 195 Å². The van der Waals surface area contributed by atoms with Gasteiger partial charge in [-0.25, -0.2) is 4.39 Å². The van der Waals surface area contributed by atoms with E-state index in [1.165, 1.54) is 35.6 Å². The second kappa shape index (κ2) is 10.5. The molecule has 3 aromatic rings. The van der Waals surface area contributed by atoms with Gasteiger partial charge in [0, 0.05) is 31.1 Å². The largest absolute Gasteiger partial charge is 0.497 e. The molecule has 7 nitrogen and oxygen atoms in total. The van der Waals surface area contributed by atoms with E-state index in [0.29, 0.717) is 25.1 Å². The molecule has 0 saturated carbocycles. The van der Waals surface area contributed by atoms with Crippen LogP contribution in [-0.2, 0) is 11.2 Å². The normalized spacial score (nSPS) is 15.8. The van der Waals surface area contributed by atoms with Crippen LogP contribution >= 0.6 is 11.3 Å². The maximum absolute atomic E-state index is 13.0. The summed E-state index contributed by atoms with van der Waals surface area (Å²) in [6.45, 7) is 1.31. The molecule has 1 fully saturated rings. The van der Waals surface area contributed by atoms with E-state index in [4.69, 9.17) is 4.74 Å². The summed E-state index contributed by atoms with van der Waals surface area (Å²) >= 11 is 1.24. The van der Waals surface area contributed by atoms with Gasteiger partial charge in [0.2, 0.25) is 10.9 Å². The maximum atomic E-state index is 13.0. The summed E-state index contributed by atoms with van der Waals surface area (Å²) in [6.07, 6.45) is 2.91. The lowest BCUT2D eigenvalue weighted by Crippen LogP contribution is -2.39. The lowest BCUT2D eigenvalue weighted by Gasteiger charge is -2.31. The molecule has 1 atom stereocenters. The second-order valence-electron chi connectivity index (χ2n) is 7.93. The number of amides is 2. The maximum Gasteiger partial charge on any atom is 0.286 e. The van der Waals surface area contributed by atoms with E-state index >= 15 is 0 Å². The van der Waals surface area contributed by atoms with Crippen LogP contribution in [0.3, 0.4) is 0 Å². The third-order valence-electron chi connectivity index (χ3n) is 5.65. The predicted molar refractivity (Wildman–Crippen MR) is 124 cm³/mol. The quantitative estimate of drug-likeness (QED) is 0.560. The Hall–Kier alpha value is -3.33. The molecule has 1 aromatic heterocycles. The van der Waals surface area contributed by atoms with Gasteiger partial charge in [-0.05, 0) is 61.2 Å². The van der Waals surface area contributed by atoms with Gasteiger partial charge in [0.15, 0.2) is 0 Å². The first kappa shape index (κ1) is 22.8. The molecule has 1 aliphatic rings. The minimum absolute atomic E-state index is 0.0635. The predicted octanol–water partition coefficient (Wildman–Crippen LogP) is 4.28.